The van der Waals surface area contributed by atoms with Crippen LogP contribution in [0.1, 0.15) is 69.8 Å². The molecule has 3 rings (SSSR count). The minimum absolute atomic E-state index is 0.0667. The summed E-state index contributed by atoms with van der Waals surface area (Å²) >= 11 is 6.36. The van der Waals surface area contributed by atoms with Crippen molar-refractivity contribution in [1.29, 1.82) is 0 Å². The van der Waals surface area contributed by atoms with Crippen LogP contribution in [-0.4, -0.2) is 73.7 Å². The summed E-state index contributed by atoms with van der Waals surface area (Å²) in [6.45, 7) is 1.93. The quantitative estimate of drug-likeness (QED) is 0.294. The van der Waals surface area contributed by atoms with Crippen molar-refractivity contribution in [1.82, 2.24) is 15.5 Å². The van der Waals surface area contributed by atoms with Gasteiger partial charge in [0.15, 0.2) is 0 Å². The maximum absolute atomic E-state index is 14.4. The molecule has 1 saturated carbocycles. The van der Waals surface area contributed by atoms with E-state index in [9.17, 15) is 19.4 Å². The molecule has 0 aromatic heterocycles. The number of rotatable bonds is 12. The summed E-state index contributed by atoms with van der Waals surface area (Å²) in [6, 6.07) is 3.90. The second-order valence-corrected chi connectivity index (χ2v) is 11.1. The van der Waals surface area contributed by atoms with E-state index in [-0.39, 0.29) is 22.9 Å². The van der Waals surface area contributed by atoms with Crippen molar-refractivity contribution >= 4 is 17.6 Å². The van der Waals surface area contributed by atoms with Crippen LogP contribution in [0.4, 0.5) is 9.18 Å². The smallest absolute Gasteiger partial charge is 0.317 e. The van der Waals surface area contributed by atoms with Gasteiger partial charge in [-0.2, -0.15) is 0 Å². The molecule has 37 heavy (non-hydrogen) atoms. The van der Waals surface area contributed by atoms with E-state index in [0.29, 0.717) is 57.5 Å². The van der Waals surface area contributed by atoms with Crippen LogP contribution in [0.15, 0.2) is 18.2 Å². The molecule has 2 fully saturated rings. The molecule has 0 unspecified atom stereocenters. The normalized spacial score (nSPS) is 22.3. The van der Waals surface area contributed by atoms with E-state index >= 15 is 0 Å². The molecule has 4 N–H and O–H groups in total. The zero-order valence-electron chi connectivity index (χ0n) is 22.4. The van der Waals surface area contributed by atoms with Gasteiger partial charge >= 0.3 is 6.03 Å². The van der Waals surface area contributed by atoms with Crippen LogP contribution < -0.4 is 10.6 Å². The van der Waals surface area contributed by atoms with Crippen LogP contribution in [-0.2, 0) is 10.3 Å². The fourth-order valence-corrected chi connectivity index (χ4v) is 6.41. The zero-order chi connectivity index (χ0) is 26.8. The molecule has 0 bridgehead atoms. The minimum atomic E-state index is -1.38. The van der Waals surface area contributed by atoms with Gasteiger partial charge in [-0.15, -0.1) is 0 Å². The Morgan fingerprint density at radius 2 is 2.00 bits per heavy atom. The van der Waals surface area contributed by atoms with Crippen molar-refractivity contribution in [3.05, 3.63) is 34.6 Å². The lowest BCUT2D eigenvalue weighted by molar-refractivity contribution is -0.0567. The lowest BCUT2D eigenvalue weighted by atomic mass is 9.74. The molecular formula is C28H45ClFN3O4. The van der Waals surface area contributed by atoms with E-state index in [4.69, 9.17) is 16.3 Å². The van der Waals surface area contributed by atoms with Gasteiger partial charge in [-0.25, -0.2) is 9.18 Å². The third-order valence-electron chi connectivity index (χ3n) is 8.24. The predicted molar refractivity (Wildman–Crippen MR) is 144 cm³/mol. The van der Waals surface area contributed by atoms with Crippen LogP contribution in [0.25, 0.3) is 0 Å². The number of hydrogen-bond acceptors (Lipinski definition) is 5. The standard InChI is InChI=1S/C28H45ClFN3O4/c1-31-18-24(26(34)20-10-4-3-5-11-20)32-27(35)33-16-9-12-21(19-33)28(36,15-6-7-17-37-2)22-13-8-14-23(30)25(22)29/h8,13-14,20-21,24,26,31,34,36H,3-7,9-12,15-19H2,1-2H3,(H,32,35)/t21-,24-,26+,28+/m1/s1. The van der Waals surface area contributed by atoms with E-state index in [1.807, 2.05) is 7.05 Å². The number of carbonyl (C=O) groups is 1. The summed E-state index contributed by atoms with van der Waals surface area (Å²) in [7, 11) is 3.45. The lowest BCUT2D eigenvalue weighted by Gasteiger charge is -2.43. The van der Waals surface area contributed by atoms with E-state index in [1.165, 1.54) is 12.5 Å². The molecule has 7 nitrogen and oxygen atoms in total. The highest BCUT2D eigenvalue weighted by Gasteiger charge is 2.43. The molecule has 0 spiro atoms. The van der Waals surface area contributed by atoms with Crippen LogP contribution in [0, 0.1) is 17.7 Å². The first kappa shape index (κ1) is 30.1. The summed E-state index contributed by atoms with van der Waals surface area (Å²) in [5, 5.41) is 29.2. The molecule has 1 aromatic rings. The molecule has 4 atom stereocenters. The van der Waals surface area contributed by atoms with Crippen molar-refractivity contribution in [3.63, 3.8) is 0 Å². The van der Waals surface area contributed by atoms with Crippen molar-refractivity contribution in [2.45, 2.75) is 82.0 Å². The lowest BCUT2D eigenvalue weighted by Crippen LogP contribution is -2.57. The number of methoxy groups -OCH3 is 1. The number of piperidine rings is 1. The fourth-order valence-electron chi connectivity index (χ4n) is 6.12. The zero-order valence-corrected chi connectivity index (χ0v) is 23.1. The van der Waals surface area contributed by atoms with Gasteiger partial charge in [0.05, 0.1) is 22.8 Å². The maximum atomic E-state index is 14.4. The van der Waals surface area contributed by atoms with Gasteiger partial charge < -0.3 is 30.5 Å². The topological polar surface area (TPSA) is 94.1 Å². The molecule has 2 aliphatic rings. The summed E-state index contributed by atoms with van der Waals surface area (Å²) in [5.74, 6) is -0.680. The average molecular weight is 542 g/mol. The number of ether oxygens (including phenoxy) is 1. The predicted octanol–water partition coefficient (Wildman–Crippen LogP) is 4.43. The average Bonchev–Trinajstić information content (AvgIpc) is 2.92. The number of amides is 2. The highest BCUT2D eigenvalue weighted by Crippen LogP contribution is 2.43. The van der Waals surface area contributed by atoms with Crippen molar-refractivity contribution in [3.8, 4) is 0 Å². The summed E-state index contributed by atoms with van der Waals surface area (Å²) in [5.41, 5.74) is -1.00. The van der Waals surface area contributed by atoms with Gasteiger partial charge in [0.1, 0.15) is 5.82 Å². The second kappa shape index (κ2) is 14.6. The maximum Gasteiger partial charge on any atom is 0.317 e. The number of aliphatic hydroxyl groups excluding tert-OH is 1. The number of urea groups is 1. The summed E-state index contributed by atoms with van der Waals surface area (Å²) in [6.07, 6.45) is 8.01. The number of likely N-dealkylation sites (N-methyl/N-ethyl adjacent to an activating group) is 1. The van der Waals surface area contributed by atoms with Gasteiger partial charge in [0.25, 0.3) is 0 Å². The first-order chi connectivity index (χ1) is 17.8. The van der Waals surface area contributed by atoms with Gasteiger partial charge in [0.2, 0.25) is 0 Å². The molecule has 2 amide bonds. The number of hydrogen-bond donors (Lipinski definition) is 4. The summed E-state index contributed by atoms with van der Waals surface area (Å²) in [4.78, 5) is 15.1. The Morgan fingerprint density at radius 3 is 2.70 bits per heavy atom. The van der Waals surface area contributed by atoms with Crippen molar-refractivity contribution in [2.24, 2.45) is 11.8 Å². The minimum Gasteiger partial charge on any atom is -0.391 e. The molecule has 1 aliphatic heterocycles. The number of unbranched alkanes of at least 4 members (excludes halogenated alkanes) is 1. The molecular weight excluding hydrogens is 497 g/mol. The number of nitrogens with zero attached hydrogens (tertiary/aromatic N) is 1. The number of benzene rings is 1. The highest BCUT2D eigenvalue weighted by molar-refractivity contribution is 6.31. The first-order valence-electron chi connectivity index (χ1n) is 13.9. The third kappa shape index (κ3) is 7.79. The van der Waals surface area contributed by atoms with Crippen molar-refractivity contribution < 1.29 is 24.1 Å². The number of aliphatic hydroxyl groups is 2. The van der Waals surface area contributed by atoms with Crippen LogP contribution in [0.3, 0.4) is 0 Å². The van der Waals surface area contributed by atoms with Crippen molar-refractivity contribution in [2.75, 3.05) is 40.4 Å². The molecule has 1 aliphatic carbocycles. The van der Waals surface area contributed by atoms with E-state index < -0.39 is 23.6 Å². The number of likely N-dealkylation sites (tertiary alicyclic amines) is 1. The monoisotopic (exact) mass is 541 g/mol. The molecule has 1 aromatic carbocycles. The Morgan fingerprint density at radius 1 is 1.24 bits per heavy atom. The Kier molecular flexibility index (Phi) is 11.9. The highest BCUT2D eigenvalue weighted by atomic mass is 35.5. The third-order valence-corrected chi connectivity index (χ3v) is 8.62. The SMILES string of the molecule is CNC[C@@H](NC(=O)N1CCC[C@@H]([C@@](O)(CCCCOC)c2cccc(F)c2Cl)C1)[C@@H](O)C1CCCCC1. The molecule has 1 heterocycles. The van der Waals surface area contributed by atoms with E-state index in [2.05, 4.69) is 10.6 Å². The van der Waals surface area contributed by atoms with Crippen LogP contribution >= 0.6 is 11.6 Å². The summed E-state index contributed by atoms with van der Waals surface area (Å²) < 4.78 is 19.6. The van der Waals surface area contributed by atoms with Gasteiger partial charge in [-0.05, 0) is 64.0 Å². The Labute approximate surface area is 226 Å². The van der Waals surface area contributed by atoms with Gasteiger partial charge in [-0.3, -0.25) is 0 Å². The van der Waals surface area contributed by atoms with E-state index in [1.54, 1.807) is 24.1 Å². The number of halogens is 2. The number of nitrogens with one attached hydrogen (secondary N) is 2. The Bertz CT molecular complexity index is 857. The van der Waals surface area contributed by atoms with Gasteiger partial charge in [0, 0.05) is 44.8 Å². The largest absolute Gasteiger partial charge is 0.391 e. The second-order valence-electron chi connectivity index (χ2n) is 10.8. The van der Waals surface area contributed by atoms with Gasteiger partial charge in [-0.1, -0.05) is 43.0 Å². The first-order valence-corrected chi connectivity index (χ1v) is 14.2. The van der Waals surface area contributed by atoms with Crippen LogP contribution in [0.5, 0.6) is 0 Å². The molecule has 1 saturated heterocycles. The molecule has 210 valence electrons. The Hall–Kier alpha value is -1.45. The molecule has 9 heteroatoms. The Balaban J connectivity index is 1.75. The van der Waals surface area contributed by atoms with Crippen LogP contribution in [0.2, 0.25) is 5.02 Å². The van der Waals surface area contributed by atoms with E-state index in [0.717, 1.165) is 32.1 Å². The molecule has 0 radical (unpaired) electrons. The fraction of sp³-hybridized carbons (Fsp3) is 0.750. The number of carbonyl (C=O) groups excluding carboxylic acids is 1.